The van der Waals surface area contributed by atoms with E-state index in [1.165, 1.54) is 20.0 Å². The van der Waals surface area contributed by atoms with E-state index in [0.717, 1.165) is 0 Å². The molecule has 1 aliphatic carbocycles. The van der Waals surface area contributed by atoms with E-state index < -0.39 is 12.0 Å². The van der Waals surface area contributed by atoms with Crippen molar-refractivity contribution >= 4 is 5.97 Å². The maximum Gasteiger partial charge on any atom is 0.323 e. The molecule has 0 amide bonds. The Kier molecular flexibility index (Phi) is 3.50. The zero-order valence-corrected chi connectivity index (χ0v) is 9.04. The number of aliphatic carboxylic acids is 1. The van der Waals surface area contributed by atoms with E-state index in [1.807, 2.05) is 0 Å². The van der Waals surface area contributed by atoms with Gasteiger partial charge in [-0.3, -0.25) is 10.1 Å². The smallest absolute Gasteiger partial charge is 0.323 e. The van der Waals surface area contributed by atoms with Crippen LogP contribution in [-0.4, -0.2) is 36.4 Å². The fraction of sp³-hybridized carbons (Fsp3) is 0.900. The minimum Gasteiger partial charge on any atom is -0.480 e. The number of carboxylic acids is 1. The molecule has 0 aliphatic heterocycles. The summed E-state index contributed by atoms with van der Waals surface area (Å²) in [4.78, 5) is 10.9. The van der Waals surface area contributed by atoms with Crippen molar-refractivity contribution < 1.29 is 14.6 Å². The molecule has 0 aromatic rings. The van der Waals surface area contributed by atoms with Crippen molar-refractivity contribution in [1.29, 1.82) is 0 Å². The molecule has 0 aromatic carbocycles. The SMILES string of the molecule is COCC(NC(C)(C)C1CC1)C(=O)O. The molecule has 0 bridgehead atoms. The quantitative estimate of drug-likeness (QED) is 0.669. The second-order valence-electron chi connectivity index (χ2n) is 4.49. The molecule has 0 heterocycles. The van der Waals surface area contributed by atoms with Crippen molar-refractivity contribution in [2.24, 2.45) is 5.92 Å². The van der Waals surface area contributed by atoms with E-state index in [9.17, 15) is 4.79 Å². The molecule has 82 valence electrons. The molecule has 4 heteroatoms. The van der Waals surface area contributed by atoms with Crippen LogP contribution in [-0.2, 0) is 9.53 Å². The minimum atomic E-state index is -0.847. The van der Waals surface area contributed by atoms with Gasteiger partial charge in [-0.2, -0.15) is 0 Å². The first-order valence-corrected chi connectivity index (χ1v) is 4.97. The summed E-state index contributed by atoms with van der Waals surface area (Å²) in [6, 6.07) is -0.601. The second kappa shape index (κ2) is 4.28. The molecule has 1 unspecified atom stereocenters. The number of carboxylic acid groups (broad SMARTS) is 1. The highest BCUT2D eigenvalue weighted by atomic mass is 16.5. The topological polar surface area (TPSA) is 58.6 Å². The summed E-state index contributed by atoms with van der Waals surface area (Å²) in [6.07, 6.45) is 2.39. The third kappa shape index (κ3) is 2.96. The molecule has 14 heavy (non-hydrogen) atoms. The lowest BCUT2D eigenvalue weighted by Crippen LogP contribution is -2.52. The molecule has 1 rings (SSSR count). The molecule has 1 fully saturated rings. The van der Waals surface area contributed by atoms with E-state index in [-0.39, 0.29) is 12.1 Å². The maximum absolute atomic E-state index is 10.9. The number of hydrogen-bond acceptors (Lipinski definition) is 3. The molecule has 1 aliphatic rings. The summed E-state index contributed by atoms with van der Waals surface area (Å²) in [7, 11) is 1.52. The lowest BCUT2D eigenvalue weighted by molar-refractivity contribution is -0.141. The molecule has 4 nitrogen and oxygen atoms in total. The van der Waals surface area contributed by atoms with Gasteiger partial charge in [0.15, 0.2) is 0 Å². The summed E-state index contributed by atoms with van der Waals surface area (Å²) < 4.78 is 4.87. The van der Waals surface area contributed by atoms with Crippen molar-refractivity contribution in [2.75, 3.05) is 13.7 Å². The molecule has 0 radical (unpaired) electrons. The van der Waals surface area contributed by atoms with Crippen molar-refractivity contribution in [1.82, 2.24) is 5.32 Å². The second-order valence-corrected chi connectivity index (χ2v) is 4.49. The molecular weight excluding hydrogens is 182 g/mol. The fourth-order valence-corrected chi connectivity index (χ4v) is 1.71. The molecule has 2 N–H and O–H groups in total. The van der Waals surface area contributed by atoms with Crippen LogP contribution in [0.2, 0.25) is 0 Å². The molecule has 0 aromatic heterocycles. The summed E-state index contributed by atoms with van der Waals surface area (Å²) >= 11 is 0. The Hall–Kier alpha value is -0.610. The first-order valence-electron chi connectivity index (χ1n) is 4.97. The molecule has 1 saturated carbocycles. The largest absolute Gasteiger partial charge is 0.480 e. The first kappa shape index (κ1) is 11.5. The van der Waals surface area contributed by atoms with Gasteiger partial charge in [-0.15, -0.1) is 0 Å². The molecule has 0 saturated heterocycles. The Morgan fingerprint density at radius 2 is 2.21 bits per heavy atom. The van der Waals surface area contributed by atoms with Gasteiger partial charge in [0, 0.05) is 12.6 Å². The summed E-state index contributed by atoms with van der Waals surface area (Å²) in [5.41, 5.74) is -0.0956. The standard InChI is InChI=1S/C10H19NO3/c1-10(2,7-4-5-7)11-8(6-14-3)9(12)13/h7-8,11H,4-6H2,1-3H3,(H,12,13). The Balaban J connectivity index is 2.48. The zero-order chi connectivity index (χ0) is 10.8. The van der Waals surface area contributed by atoms with Crippen LogP contribution < -0.4 is 5.32 Å². The lowest BCUT2D eigenvalue weighted by Gasteiger charge is -2.29. The highest BCUT2D eigenvalue weighted by molar-refractivity contribution is 5.73. The van der Waals surface area contributed by atoms with Crippen LogP contribution in [0, 0.1) is 5.92 Å². The van der Waals surface area contributed by atoms with E-state index in [4.69, 9.17) is 9.84 Å². The zero-order valence-electron chi connectivity index (χ0n) is 9.04. The van der Waals surface area contributed by atoms with Crippen molar-refractivity contribution in [3.8, 4) is 0 Å². The first-order chi connectivity index (χ1) is 6.47. The highest BCUT2D eigenvalue weighted by Crippen LogP contribution is 2.39. The normalized spacial score (nSPS) is 19.4. The summed E-state index contributed by atoms with van der Waals surface area (Å²) in [5.74, 6) is -0.234. The Labute approximate surface area is 84.6 Å². The van der Waals surface area contributed by atoms with Gasteiger partial charge in [0.05, 0.1) is 6.61 Å². The van der Waals surface area contributed by atoms with Gasteiger partial charge < -0.3 is 9.84 Å². The molecular formula is C10H19NO3. The highest BCUT2D eigenvalue weighted by Gasteiger charge is 2.39. The minimum absolute atomic E-state index is 0.0956. The number of rotatable bonds is 6. The van der Waals surface area contributed by atoms with Crippen molar-refractivity contribution in [3.63, 3.8) is 0 Å². The van der Waals surface area contributed by atoms with Gasteiger partial charge in [0.1, 0.15) is 6.04 Å². The summed E-state index contributed by atoms with van der Waals surface area (Å²) in [6.45, 7) is 4.32. The van der Waals surface area contributed by atoms with Gasteiger partial charge in [-0.25, -0.2) is 0 Å². The van der Waals surface area contributed by atoms with Gasteiger partial charge >= 0.3 is 5.97 Å². The van der Waals surface area contributed by atoms with Crippen LogP contribution >= 0.6 is 0 Å². The number of hydrogen-bond donors (Lipinski definition) is 2. The third-order valence-corrected chi connectivity index (χ3v) is 2.78. The fourth-order valence-electron chi connectivity index (χ4n) is 1.71. The predicted molar refractivity (Wildman–Crippen MR) is 53.2 cm³/mol. The predicted octanol–water partition coefficient (Wildman–Crippen LogP) is 0.864. The van der Waals surface area contributed by atoms with Crippen molar-refractivity contribution in [3.05, 3.63) is 0 Å². The number of ether oxygens (including phenoxy) is 1. The lowest BCUT2D eigenvalue weighted by atomic mass is 9.97. The Morgan fingerprint density at radius 1 is 1.64 bits per heavy atom. The average molecular weight is 201 g/mol. The van der Waals surface area contributed by atoms with Gasteiger partial charge in [-0.05, 0) is 32.6 Å². The van der Waals surface area contributed by atoms with E-state index >= 15 is 0 Å². The number of nitrogens with one attached hydrogen (secondary N) is 1. The van der Waals surface area contributed by atoms with E-state index in [1.54, 1.807) is 0 Å². The maximum atomic E-state index is 10.9. The third-order valence-electron chi connectivity index (χ3n) is 2.78. The number of carbonyl (C=O) groups is 1. The van der Waals surface area contributed by atoms with Crippen LogP contribution in [0.4, 0.5) is 0 Å². The summed E-state index contributed by atoms with van der Waals surface area (Å²) in [5, 5.41) is 12.1. The monoisotopic (exact) mass is 201 g/mol. The molecule has 0 spiro atoms. The average Bonchev–Trinajstić information content (AvgIpc) is 2.84. The van der Waals surface area contributed by atoms with E-state index in [2.05, 4.69) is 19.2 Å². The van der Waals surface area contributed by atoms with E-state index in [0.29, 0.717) is 5.92 Å². The van der Waals surface area contributed by atoms with Gasteiger partial charge in [0.2, 0.25) is 0 Å². The van der Waals surface area contributed by atoms with Crippen LogP contribution in [0.3, 0.4) is 0 Å². The van der Waals surface area contributed by atoms with Crippen LogP contribution in [0.5, 0.6) is 0 Å². The number of methoxy groups -OCH3 is 1. The van der Waals surface area contributed by atoms with Gasteiger partial charge in [-0.1, -0.05) is 0 Å². The Bertz CT molecular complexity index is 211. The molecule has 1 atom stereocenters. The van der Waals surface area contributed by atoms with Crippen molar-refractivity contribution in [2.45, 2.75) is 38.3 Å². The van der Waals surface area contributed by atoms with Crippen LogP contribution in [0.25, 0.3) is 0 Å². The van der Waals surface area contributed by atoms with Crippen LogP contribution in [0.1, 0.15) is 26.7 Å². The Morgan fingerprint density at radius 3 is 2.57 bits per heavy atom. The van der Waals surface area contributed by atoms with Gasteiger partial charge in [0.25, 0.3) is 0 Å². The van der Waals surface area contributed by atoms with Crippen LogP contribution in [0.15, 0.2) is 0 Å².